The lowest BCUT2D eigenvalue weighted by molar-refractivity contribution is -0.0501. The molecule has 0 radical (unpaired) electrons. The Bertz CT molecular complexity index is 859. The maximum atomic E-state index is 10.8. The first-order valence-corrected chi connectivity index (χ1v) is 8.50. The van der Waals surface area contributed by atoms with Gasteiger partial charge in [-0.1, -0.05) is 0 Å². The van der Waals surface area contributed by atoms with Crippen LogP contribution >= 0.6 is 7.82 Å². The van der Waals surface area contributed by atoms with Crippen molar-refractivity contribution >= 4 is 18.9 Å². The Hall–Kier alpha value is -1.59. The summed E-state index contributed by atoms with van der Waals surface area (Å²) in [5, 5.41) is 28.2. The van der Waals surface area contributed by atoms with Crippen LogP contribution in [0.2, 0.25) is 0 Å². The predicted molar refractivity (Wildman–Crippen MR) is 78.5 cm³/mol. The molecular formula is C12H17N4O7P. The molecule has 1 aliphatic heterocycles. The van der Waals surface area contributed by atoms with Gasteiger partial charge in [-0.05, 0) is 6.07 Å². The molecule has 24 heavy (non-hydrogen) atoms. The van der Waals surface area contributed by atoms with E-state index >= 15 is 0 Å². The smallest absolute Gasteiger partial charge is 0.387 e. The average molecular weight is 360 g/mol. The molecule has 3 rings (SSSR count). The van der Waals surface area contributed by atoms with Crippen LogP contribution in [-0.4, -0.2) is 59.0 Å². The third kappa shape index (κ3) is 3.03. The number of aliphatic hydroxyl groups is 2. The molecule has 1 aliphatic rings. The second-order valence-corrected chi connectivity index (χ2v) is 6.73. The lowest BCUT2D eigenvalue weighted by Crippen LogP contribution is -2.33. The molecule has 0 aliphatic carbocycles. The lowest BCUT2D eigenvalue weighted by atomic mass is 10.1. The normalized spacial score (nSPS) is 27.9. The fourth-order valence-corrected chi connectivity index (χ4v) is 2.95. The van der Waals surface area contributed by atoms with Crippen LogP contribution in [0.1, 0.15) is 6.23 Å². The predicted octanol–water partition coefficient (Wildman–Crippen LogP) is -1.42. The van der Waals surface area contributed by atoms with Crippen LogP contribution in [0.5, 0.6) is 0 Å². The zero-order chi connectivity index (χ0) is 17.6. The summed E-state index contributed by atoms with van der Waals surface area (Å²) >= 11 is 0. The molecule has 0 unspecified atom stereocenters. The standard InChI is InChI=1S/C12H17N4O7P/c1-15-3-2-6-8(11(15)13)14-5-16(6)12-10(18)9(17)7(23-12)4-22-24(19,20)21/h2-3,5,7,9-10,12-13,17-18H,4H2,1H3,(H2,19,20,21)/t7-,9-,10-,12-/m1/s1. The summed E-state index contributed by atoms with van der Waals surface area (Å²) in [6.07, 6.45) is -1.87. The van der Waals surface area contributed by atoms with E-state index in [1.807, 2.05) is 0 Å². The van der Waals surface area contributed by atoms with Gasteiger partial charge in [0, 0.05) is 13.2 Å². The Morgan fingerprint density at radius 3 is 2.79 bits per heavy atom. The number of pyridine rings is 1. The first-order chi connectivity index (χ1) is 11.2. The zero-order valence-corrected chi connectivity index (χ0v) is 13.4. The van der Waals surface area contributed by atoms with Crippen LogP contribution in [0, 0.1) is 5.41 Å². The van der Waals surface area contributed by atoms with E-state index in [1.165, 1.54) is 10.9 Å². The molecule has 1 saturated heterocycles. The van der Waals surface area contributed by atoms with Crippen molar-refractivity contribution < 1.29 is 33.8 Å². The minimum absolute atomic E-state index is 0.167. The van der Waals surface area contributed by atoms with Gasteiger partial charge in [-0.25, -0.2) is 9.55 Å². The van der Waals surface area contributed by atoms with E-state index < -0.39 is 39.0 Å². The fraction of sp³-hybridized carbons (Fsp3) is 0.500. The molecule has 2 aromatic heterocycles. The van der Waals surface area contributed by atoms with Crippen LogP contribution in [0.25, 0.3) is 11.0 Å². The second kappa shape index (κ2) is 6.05. The number of fused-ring (bicyclic) bond motifs is 1. The summed E-state index contributed by atoms with van der Waals surface area (Å²) in [6.45, 7) is -0.579. The average Bonchev–Trinajstić information content (AvgIpc) is 3.04. The van der Waals surface area contributed by atoms with Gasteiger partial charge in [0.2, 0.25) is 0 Å². The minimum Gasteiger partial charge on any atom is -0.387 e. The summed E-state index contributed by atoms with van der Waals surface area (Å²) in [4.78, 5) is 21.6. The van der Waals surface area contributed by atoms with Gasteiger partial charge in [0.25, 0.3) is 0 Å². The van der Waals surface area contributed by atoms with Crippen molar-refractivity contribution in [2.75, 3.05) is 6.61 Å². The molecule has 11 nitrogen and oxygen atoms in total. The molecular weight excluding hydrogens is 343 g/mol. The number of ether oxygens (including phenoxy) is 1. The minimum atomic E-state index is -4.71. The van der Waals surface area contributed by atoms with Gasteiger partial charge in [-0.3, -0.25) is 9.93 Å². The maximum Gasteiger partial charge on any atom is 0.469 e. The Balaban J connectivity index is 1.89. The van der Waals surface area contributed by atoms with E-state index in [0.29, 0.717) is 11.0 Å². The summed E-state index contributed by atoms with van der Waals surface area (Å²) in [7, 11) is -3.02. The van der Waals surface area contributed by atoms with Crippen LogP contribution in [0.4, 0.5) is 0 Å². The van der Waals surface area contributed by atoms with Crippen LogP contribution in [0.15, 0.2) is 18.6 Å². The molecule has 4 atom stereocenters. The number of hydrogen-bond acceptors (Lipinski definition) is 7. The molecule has 2 aromatic rings. The molecule has 0 spiro atoms. The van der Waals surface area contributed by atoms with Crippen LogP contribution < -0.4 is 5.49 Å². The molecule has 0 aromatic carbocycles. The quantitative estimate of drug-likeness (QED) is 0.415. The molecule has 5 N–H and O–H groups in total. The topological polar surface area (TPSA) is 163 Å². The highest BCUT2D eigenvalue weighted by Crippen LogP contribution is 2.38. The molecule has 1 fully saturated rings. The van der Waals surface area contributed by atoms with Crippen LogP contribution in [-0.2, 0) is 20.9 Å². The van der Waals surface area contributed by atoms with Crippen LogP contribution in [0.3, 0.4) is 0 Å². The number of aliphatic hydroxyl groups excluding tert-OH is 2. The summed E-state index contributed by atoms with van der Waals surface area (Å²) in [5.41, 5.74) is 1.08. The highest BCUT2D eigenvalue weighted by atomic mass is 31.2. The van der Waals surface area contributed by atoms with E-state index in [4.69, 9.17) is 19.9 Å². The van der Waals surface area contributed by atoms with Gasteiger partial charge in [0.15, 0.2) is 11.7 Å². The van der Waals surface area contributed by atoms with E-state index in [0.717, 1.165) is 0 Å². The largest absolute Gasteiger partial charge is 0.469 e. The van der Waals surface area contributed by atoms with Gasteiger partial charge < -0.3 is 33.9 Å². The number of imidazole rings is 1. The molecule has 12 heteroatoms. The Kier molecular flexibility index (Phi) is 4.34. The van der Waals surface area contributed by atoms with E-state index in [-0.39, 0.29) is 5.49 Å². The fourth-order valence-electron chi connectivity index (χ4n) is 2.61. The molecule has 0 saturated carbocycles. The molecule has 3 heterocycles. The van der Waals surface area contributed by atoms with E-state index in [9.17, 15) is 14.8 Å². The Labute approximate surface area is 135 Å². The molecule has 0 bridgehead atoms. The van der Waals surface area contributed by atoms with Gasteiger partial charge in [-0.15, -0.1) is 0 Å². The first kappa shape index (κ1) is 17.2. The highest BCUT2D eigenvalue weighted by molar-refractivity contribution is 7.46. The zero-order valence-electron chi connectivity index (χ0n) is 12.6. The second-order valence-electron chi connectivity index (χ2n) is 5.49. The van der Waals surface area contributed by atoms with Gasteiger partial charge in [0.1, 0.15) is 23.8 Å². The van der Waals surface area contributed by atoms with Crippen molar-refractivity contribution in [1.29, 1.82) is 5.41 Å². The monoisotopic (exact) mass is 360 g/mol. The number of aryl methyl sites for hydroxylation is 1. The van der Waals surface area contributed by atoms with Crippen molar-refractivity contribution in [2.24, 2.45) is 7.05 Å². The first-order valence-electron chi connectivity index (χ1n) is 6.97. The number of phosphoric ester groups is 1. The number of hydrogen-bond donors (Lipinski definition) is 5. The van der Waals surface area contributed by atoms with Gasteiger partial charge >= 0.3 is 7.82 Å². The highest BCUT2D eigenvalue weighted by Gasteiger charge is 2.44. The van der Waals surface area contributed by atoms with Crippen molar-refractivity contribution in [3.8, 4) is 0 Å². The number of nitrogens with one attached hydrogen (secondary N) is 1. The summed E-state index contributed by atoms with van der Waals surface area (Å²) in [6, 6.07) is 1.68. The number of rotatable bonds is 4. The van der Waals surface area contributed by atoms with Crippen molar-refractivity contribution in [1.82, 2.24) is 14.1 Å². The third-order valence-corrected chi connectivity index (χ3v) is 4.37. The molecule has 0 amide bonds. The Morgan fingerprint density at radius 1 is 1.42 bits per heavy atom. The van der Waals surface area contributed by atoms with Gasteiger partial charge in [-0.2, -0.15) is 0 Å². The number of aromatic nitrogens is 3. The van der Waals surface area contributed by atoms with Gasteiger partial charge in [0.05, 0.1) is 18.5 Å². The van der Waals surface area contributed by atoms with E-state index in [2.05, 4.69) is 9.51 Å². The SMILES string of the molecule is Cn1ccc2c(ncn2[C@@H]2O[C@H](COP(=O)(O)O)[C@@H](O)[C@H]2O)c1=N. The Morgan fingerprint density at radius 2 is 2.12 bits per heavy atom. The van der Waals surface area contributed by atoms with Crippen molar-refractivity contribution in [3.63, 3.8) is 0 Å². The summed E-state index contributed by atoms with van der Waals surface area (Å²) in [5.74, 6) is 0. The lowest BCUT2D eigenvalue weighted by Gasteiger charge is -2.17. The van der Waals surface area contributed by atoms with Crippen molar-refractivity contribution in [3.05, 3.63) is 24.1 Å². The maximum absolute atomic E-state index is 10.8. The van der Waals surface area contributed by atoms with Crippen molar-refractivity contribution in [2.45, 2.75) is 24.5 Å². The number of nitrogens with zero attached hydrogens (tertiary/aromatic N) is 3. The third-order valence-electron chi connectivity index (χ3n) is 3.88. The summed E-state index contributed by atoms with van der Waals surface area (Å²) < 4.78 is 23.6. The van der Waals surface area contributed by atoms with E-state index in [1.54, 1.807) is 23.9 Å². The molecule has 132 valence electrons. The number of phosphoric acid groups is 1.